The summed E-state index contributed by atoms with van der Waals surface area (Å²) in [7, 11) is 0. The van der Waals surface area contributed by atoms with Gasteiger partial charge in [-0.05, 0) is 38.8 Å². The average molecular weight is 194 g/mol. The molecule has 0 fully saturated rings. The van der Waals surface area contributed by atoms with Crippen LogP contribution in [0, 0.1) is 0 Å². The number of carbonyl (C=O) groups is 1. The van der Waals surface area contributed by atoms with Crippen molar-refractivity contribution in [1.29, 1.82) is 0 Å². The summed E-state index contributed by atoms with van der Waals surface area (Å²) >= 11 is 0. The van der Waals surface area contributed by atoms with Gasteiger partial charge in [-0.3, -0.25) is 0 Å². The summed E-state index contributed by atoms with van der Waals surface area (Å²) in [6, 6.07) is 0. The van der Waals surface area contributed by atoms with E-state index in [9.17, 15) is 4.79 Å². The van der Waals surface area contributed by atoms with E-state index in [1.807, 2.05) is 26.8 Å². The molecule has 0 aliphatic heterocycles. The second-order valence-corrected chi connectivity index (χ2v) is 2.99. The monoisotopic (exact) mass is 194 g/mol. The molecule has 0 aliphatic rings. The zero-order chi connectivity index (χ0) is 11.1. The fourth-order valence-corrected chi connectivity index (χ4v) is 1.02. The first-order valence-electron chi connectivity index (χ1n) is 4.76. The summed E-state index contributed by atoms with van der Waals surface area (Å²) < 4.78 is 5.16. The molecular formula is C12H18O2. The van der Waals surface area contributed by atoms with Gasteiger partial charge in [-0.1, -0.05) is 19.6 Å². The number of allylic oxidation sites excluding steroid dienone is 3. The van der Waals surface area contributed by atoms with E-state index in [4.69, 9.17) is 4.74 Å². The van der Waals surface area contributed by atoms with Gasteiger partial charge in [-0.2, -0.15) is 0 Å². The van der Waals surface area contributed by atoms with Crippen molar-refractivity contribution in [3.8, 4) is 0 Å². The molecular weight excluding hydrogens is 176 g/mol. The normalized spacial score (nSPS) is 12.6. The molecule has 0 bridgehead atoms. The Hall–Kier alpha value is -1.31. The van der Waals surface area contributed by atoms with Gasteiger partial charge in [0.15, 0.2) is 0 Å². The van der Waals surface area contributed by atoms with E-state index in [1.165, 1.54) is 0 Å². The average Bonchev–Trinajstić information content (AvgIpc) is 2.17. The molecule has 0 saturated carbocycles. The number of ether oxygens (including phenoxy) is 1. The van der Waals surface area contributed by atoms with Crippen molar-refractivity contribution in [1.82, 2.24) is 0 Å². The van der Waals surface area contributed by atoms with Crippen molar-refractivity contribution in [2.75, 3.05) is 0 Å². The lowest BCUT2D eigenvalue weighted by Crippen LogP contribution is -2.06. The molecule has 0 saturated heterocycles. The minimum atomic E-state index is -0.370. The van der Waals surface area contributed by atoms with Crippen LogP contribution in [0.1, 0.15) is 34.1 Å². The van der Waals surface area contributed by atoms with E-state index in [1.54, 1.807) is 13.0 Å². The lowest BCUT2D eigenvalue weighted by Gasteiger charge is -2.10. The van der Waals surface area contributed by atoms with E-state index in [-0.39, 0.29) is 5.97 Å². The predicted molar refractivity (Wildman–Crippen MR) is 58.7 cm³/mol. The van der Waals surface area contributed by atoms with Crippen LogP contribution in [0.5, 0.6) is 0 Å². The second-order valence-electron chi connectivity index (χ2n) is 2.99. The number of carbonyl (C=O) groups excluding carboxylic acids is 1. The molecule has 0 aromatic heterocycles. The molecule has 0 unspecified atom stereocenters. The molecule has 0 amide bonds. The third-order valence-electron chi connectivity index (χ3n) is 1.86. The van der Waals surface area contributed by atoms with Crippen LogP contribution < -0.4 is 0 Å². The predicted octanol–water partition coefficient (Wildman–Crippen LogP) is 3.37. The highest BCUT2D eigenvalue weighted by Gasteiger charge is 2.09. The molecule has 0 rings (SSSR count). The highest BCUT2D eigenvalue weighted by molar-refractivity contribution is 5.88. The number of hydrogen-bond donors (Lipinski definition) is 0. The summed E-state index contributed by atoms with van der Waals surface area (Å²) in [6.07, 6.45) is 4.58. The zero-order valence-electron chi connectivity index (χ0n) is 9.39. The number of hydrogen-bond acceptors (Lipinski definition) is 2. The molecule has 2 heteroatoms. The van der Waals surface area contributed by atoms with Gasteiger partial charge in [0.2, 0.25) is 0 Å². The van der Waals surface area contributed by atoms with E-state index >= 15 is 0 Å². The summed E-state index contributed by atoms with van der Waals surface area (Å²) in [6.45, 7) is 11.0. The third kappa shape index (κ3) is 3.60. The SMILES string of the molecule is C=C(C)C(=O)OC(=CC)C(=CC)CC. The van der Waals surface area contributed by atoms with Crippen molar-refractivity contribution in [2.45, 2.75) is 34.1 Å². The Morgan fingerprint density at radius 3 is 2.21 bits per heavy atom. The Balaban J connectivity index is 4.62. The second kappa shape index (κ2) is 6.19. The van der Waals surface area contributed by atoms with Crippen LogP contribution in [-0.2, 0) is 9.53 Å². The maximum absolute atomic E-state index is 11.3. The van der Waals surface area contributed by atoms with E-state index in [0.29, 0.717) is 11.3 Å². The van der Waals surface area contributed by atoms with Crippen LogP contribution in [0.2, 0.25) is 0 Å². The van der Waals surface area contributed by atoms with Gasteiger partial charge in [0.05, 0.1) is 0 Å². The van der Waals surface area contributed by atoms with Crippen LogP contribution >= 0.6 is 0 Å². The third-order valence-corrected chi connectivity index (χ3v) is 1.86. The standard InChI is InChI=1S/C12H18O2/c1-6-10(7-2)11(8-3)14-12(13)9(4)5/h6,8H,4,7H2,1-3,5H3. The lowest BCUT2D eigenvalue weighted by atomic mass is 10.1. The van der Waals surface area contributed by atoms with E-state index in [2.05, 4.69) is 6.58 Å². The highest BCUT2D eigenvalue weighted by Crippen LogP contribution is 2.16. The molecule has 14 heavy (non-hydrogen) atoms. The first-order valence-corrected chi connectivity index (χ1v) is 4.76. The molecule has 0 heterocycles. The van der Waals surface area contributed by atoms with Crippen LogP contribution in [0.4, 0.5) is 0 Å². The molecule has 0 aliphatic carbocycles. The first-order chi connectivity index (χ1) is 6.56. The molecule has 0 atom stereocenters. The summed E-state index contributed by atoms with van der Waals surface area (Å²) in [5.41, 5.74) is 1.44. The summed E-state index contributed by atoms with van der Waals surface area (Å²) in [4.78, 5) is 11.3. The Bertz CT molecular complexity index is 283. The minimum absolute atomic E-state index is 0.370. The maximum atomic E-state index is 11.3. The fraction of sp³-hybridized carbons (Fsp3) is 0.417. The minimum Gasteiger partial charge on any atom is -0.423 e. The molecule has 0 radical (unpaired) electrons. The highest BCUT2D eigenvalue weighted by atomic mass is 16.5. The van der Waals surface area contributed by atoms with Crippen LogP contribution in [-0.4, -0.2) is 5.97 Å². The first kappa shape index (κ1) is 12.7. The van der Waals surface area contributed by atoms with Gasteiger partial charge in [-0.15, -0.1) is 0 Å². The van der Waals surface area contributed by atoms with Gasteiger partial charge >= 0.3 is 5.97 Å². The Morgan fingerprint density at radius 1 is 1.36 bits per heavy atom. The van der Waals surface area contributed by atoms with Gasteiger partial charge < -0.3 is 4.74 Å². The molecule has 0 spiro atoms. The van der Waals surface area contributed by atoms with Crippen LogP contribution in [0.15, 0.2) is 35.6 Å². The van der Waals surface area contributed by atoms with Gasteiger partial charge in [0.25, 0.3) is 0 Å². The molecule has 0 N–H and O–H groups in total. The topological polar surface area (TPSA) is 26.3 Å². The van der Waals surface area contributed by atoms with Gasteiger partial charge in [0.1, 0.15) is 5.76 Å². The Kier molecular flexibility index (Phi) is 5.61. The van der Waals surface area contributed by atoms with Crippen LogP contribution in [0.25, 0.3) is 0 Å². The van der Waals surface area contributed by atoms with Crippen molar-refractivity contribution in [3.05, 3.63) is 35.6 Å². The zero-order valence-corrected chi connectivity index (χ0v) is 9.39. The Morgan fingerprint density at radius 2 is 1.93 bits per heavy atom. The molecule has 78 valence electrons. The smallest absolute Gasteiger partial charge is 0.338 e. The van der Waals surface area contributed by atoms with Crippen molar-refractivity contribution in [3.63, 3.8) is 0 Å². The van der Waals surface area contributed by atoms with Crippen LogP contribution in [0.3, 0.4) is 0 Å². The van der Waals surface area contributed by atoms with Crippen molar-refractivity contribution >= 4 is 5.97 Å². The summed E-state index contributed by atoms with van der Waals surface area (Å²) in [5.74, 6) is 0.258. The fourth-order valence-electron chi connectivity index (χ4n) is 1.02. The van der Waals surface area contributed by atoms with Gasteiger partial charge in [0, 0.05) is 5.57 Å². The van der Waals surface area contributed by atoms with E-state index < -0.39 is 0 Å². The van der Waals surface area contributed by atoms with Gasteiger partial charge in [-0.25, -0.2) is 4.79 Å². The Labute approximate surface area is 86.0 Å². The van der Waals surface area contributed by atoms with Crippen molar-refractivity contribution < 1.29 is 9.53 Å². The largest absolute Gasteiger partial charge is 0.423 e. The lowest BCUT2D eigenvalue weighted by molar-refractivity contribution is -0.134. The summed E-state index contributed by atoms with van der Waals surface area (Å²) in [5, 5.41) is 0. The van der Waals surface area contributed by atoms with E-state index in [0.717, 1.165) is 12.0 Å². The number of rotatable bonds is 4. The maximum Gasteiger partial charge on any atom is 0.338 e. The molecule has 0 aromatic rings. The van der Waals surface area contributed by atoms with Crippen molar-refractivity contribution in [2.24, 2.45) is 0 Å². The molecule has 0 aromatic carbocycles. The number of esters is 1. The quantitative estimate of drug-likeness (QED) is 0.297. The molecule has 2 nitrogen and oxygen atoms in total.